The highest BCUT2D eigenvalue weighted by Gasteiger charge is 2.29. The second-order valence-corrected chi connectivity index (χ2v) is 4.72. The molecule has 2 atom stereocenters. The summed E-state index contributed by atoms with van der Waals surface area (Å²) in [6, 6.07) is -0.573. The molecule has 0 radical (unpaired) electrons. The molecule has 1 aliphatic rings. The molecular formula is C12H21NO4. The van der Waals surface area contributed by atoms with E-state index in [0.29, 0.717) is 18.9 Å². The molecule has 0 aromatic heterocycles. The van der Waals surface area contributed by atoms with Gasteiger partial charge < -0.3 is 14.8 Å². The van der Waals surface area contributed by atoms with Crippen LogP contribution in [0.4, 0.5) is 0 Å². The van der Waals surface area contributed by atoms with Crippen LogP contribution in [0, 0.1) is 5.92 Å². The van der Waals surface area contributed by atoms with Crippen molar-refractivity contribution in [2.24, 2.45) is 5.92 Å². The number of hydrogen-bond acceptors (Lipinski definition) is 4. The summed E-state index contributed by atoms with van der Waals surface area (Å²) in [5.41, 5.74) is 0. The average molecular weight is 243 g/mol. The van der Waals surface area contributed by atoms with E-state index in [9.17, 15) is 9.59 Å². The van der Waals surface area contributed by atoms with Crippen LogP contribution >= 0.6 is 0 Å². The third-order valence-electron chi connectivity index (χ3n) is 2.73. The van der Waals surface area contributed by atoms with Gasteiger partial charge in [-0.25, -0.2) is 4.79 Å². The molecule has 1 heterocycles. The van der Waals surface area contributed by atoms with Crippen LogP contribution < -0.4 is 5.32 Å². The number of rotatable bonds is 5. The van der Waals surface area contributed by atoms with Gasteiger partial charge in [-0.3, -0.25) is 4.79 Å². The highest BCUT2D eigenvalue weighted by molar-refractivity contribution is 5.87. The lowest BCUT2D eigenvalue weighted by molar-refractivity contribution is -0.146. The largest absolute Gasteiger partial charge is 0.467 e. The average Bonchev–Trinajstić information content (AvgIpc) is 2.79. The summed E-state index contributed by atoms with van der Waals surface area (Å²) in [5.74, 6) is -0.299. The number of esters is 1. The van der Waals surface area contributed by atoms with E-state index < -0.39 is 18.1 Å². The predicted octanol–water partition coefficient (Wildman–Crippen LogP) is 0.869. The van der Waals surface area contributed by atoms with E-state index in [1.165, 1.54) is 7.11 Å². The van der Waals surface area contributed by atoms with Crippen molar-refractivity contribution < 1.29 is 19.1 Å². The first-order chi connectivity index (χ1) is 8.04. The molecule has 98 valence electrons. The van der Waals surface area contributed by atoms with Crippen LogP contribution in [0.25, 0.3) is 0 Å². The quantitative estimate of drug-likeness (QED) is 0.728. The highest BCUT2D eigenvalue weighted by atomic mass is 16.5. The molecule has 5 nitrogen and oxygen atoms in total. The van der Waals surface area contributed by atoms with Crippen LogP contribution in [0.1, 0.15) is 33.1 Å². The summed E-state index contributed by atoms with van der Waals surface area (Å²) in [6.45, 7) is 4.60. The molecule has 1 N–H and O–H groups in total. The van der Waals surface area contributed by atoms with Crippen molar-refractivity contribution in [1.29, 1.82) is 0 Å². The van der Waals surface area contributed by atoms with E-state index in [0.717, 1.165) is 12.8 Å². The van der Waals surface area contributed by atoms with Gasteiger partial charge in [0.25, 0.3) is 0 Å². The van der Waals surface area contributed by atoms with Crippen molar-refractivity contribution in [2.75, 3.05) is 13.7 Å². The first-order valence-corrected chi connectivity index (χ1v) is 6.04. The molecule has 1 aliphatic heterocycles. The third kappa shape index (κ3) is 4.34. The SMILES string of the molecule is COC(=O)[C@H](CC(C)C)NC(=O)[C@@H]1CCCO1. The lowest BCUT2D eigenvalue weighted by Crippen LogP contribution is -2.46. The van der Waals surface area contributed by atoms with Gasteiger partial charge in [0.05, 0.1) is 7.11 Å². The normalized spacial score (nSPS) is 21.3. The molecule has 1 rings (SSSR count). The van der Waals surface area contributed by atoms with Gasteiger partial charge in [-0.1, -0.05) is 13.8 Å². The maximum absolute atomic E-state index is 11.8. The fourth-order valence-corrected chi connectivity index (χ4v) is 1.88. The van der Waals surface area contributed by atoms with Gasteiger partial charge >= 0.3 is 5.97 Å². The molecule has 0 aromatic rings. The molecule has 0 aliphatic carbocycles. The van der Waals surface area contributed by atoms with Crippen molar-refractivity contribution in [2.45, 2.75) is 45.3 Å². The maximum atomic E-state index is 11.8. The van der Waals surface area contributed by atoms with Gasteiger partial charge in [0, 0.05) is 6.61 Å². The van der Waals surface area contributed by atoms with Crippen LogP contribution in [-0.2, 0) is 19.1 Å². The summed E-state index contributed by atoms with van der Waals surface area (Å²) >= 11 is 0. The van der Waals surface area contributed by atoms with Gasteiger partial charge in [0.15, 0.2) is 0 Å². The van der Waals surface area contributed by atoms with Gasteiger partial charge in [0.2, 0.25) is 5.91 Å². The number of carbonyl (C=O) groups excluding carboxylic acids is 2. The Kier molecular flexibility index (Phi) is 5.41. The Bertz CT molecular complexity index is 272. The van der Waals surface area contributed by atoms with Gasteiger partial charge in [-0.05, 0) is 25.2 Å². The molecule has 0 aromatic carbocycles. The molecule has 17 heavy (non-hydrogen) atoms. The summed E-state index contributed by atoms with van der Waals surface area (Å²) < 4.78 is 9.95. The van der Waals surface area contributed by atoms with E-state index in [1.54, 1.807) is 0 Å². The minimum Gasteiger partial charge on any atom is -0.467 e. The number of carbonyl (C=O) groups is 2. The van der Waals surface area contributed by atoms with Gasteiger partial charge in [-0.15, -0.1) is 0 Å². The molecule has 0 bridgehead atoms. The first kappa shape index (κ1) is 14.0. The van der Waals surface area contributed by atoms with Gasteiger partial charge in [0.1, 0.15) is 12.1 Å². The Morgan fingerprint density at radius 3 is 2.65 bits per heavy atom. The van der Waals surface area contributed by atoms with Crippen molar-refractivity contribution in [3.8, 4) is 0 Å². The molecule has 1 amide bonds. The van der Waals surface area contributed by atoms with Crippen molar-refractivity contribution >= 4 is 11.9 Å². The molecule has 1 fully saturated rings. The van der Waals surface area contributed by atoms with Crippen molar-refractivity contribution in [3.63, 3.8) is 0 Å². The van der Waals surface area contributed by atoms with Crippen molar-refractivity contribution in [1.82, 2.24) is 5.32 Å². The Hall–Kier alpha value is -1.10. The van der Waals surface area contributed by atoms with Gasteiger partial charge in [-0.2, -0.15) is 0 Å². The summed E-state index contributed by atoms with van der Waals surface area (Å²) in [4.78, 5) is 23.3. The molecular weight excluding hydrogens is 222 g/mol. The lowest BCUT2D eigenvalue weighted by Gasteiger charge is -2.20. The van der Waals surface area contributed by atoms with E-state index in [4.69, 9.17) is 4.74 Å². The monoisotopic (exact) mass is 243 g/mol. The molecule has 0 spiro atoms. The van der Waals surface area contributed by atoms with Crippen LogP contribution in [0.3, 0.4) is 0 Å². The number of ether oxygens (including phenoxy) is 2. The summed E-state index contributed by atoms with van der Waals surface area (Å²) in [6.07, 6.45) is 1.78. The molecule has 5 heteroatoms. The zero-order valence-electron chi connectivity index (χ0n) is 10.7. The third-order valence-corrected chi connectivity index (χ3v) is 2.73. The minimum absolute atomic E-state index is 0.210. The molecule has 0 unspecified atom stereocenters. The fraction of sp³-hybridized carbons (Fsp3) is 0.833. The van der Waals surface area contributed by atoms with E-state index in [-0.39, 0.29) is 5.91 Å². The Morgan fingerprint density at radius 1 is 1.47 bits per heavy atom. The zero-order chi connectivity index (χ0) is 12.8. The Labute approximate surface area is 102 Å². The van der Waals surface area contributed by atoms with Crippen LogP contribution in [-0.4, -0.2) is 37.7 Å². The number of methoxy groups -OCH3 is 1. The Morgan fingerprint density at radius 2 is 2.18 bits per heavy atom. The second kappa shape index (κ2) is 6.59. The number of hydrogen-bond donors (Lipinski definition) is 1. The van der Waals surface area contributed by atoms with E-state index >= 15 is 0 Å². The molecule has 0 saturated carbocycles. The smallest absolute Gasteiger partial charge is 0.328 e. The number of amides is 1. The topological polar surface area (TPSA) is 64.6 Å². The predicted molar refractivity (Wildman–Crippen MR) is 62.4 cm³/mol. The van der Waals surface area contributed by atoms with Crippen LogP contribution in [0.5, 0.6) is 0 Å². The lowest BCUT2D eigenvalue weighted by atomic mass is 10.0. The number of nitrogens with one attached hydrogen (secondary N) is 1. The highest BCUT2D eigenvalue weighted by Crippen LogP contribution is 2.13. The van der Waals surface area contributed by atoms with E-state index in [1.807, 2.05) is 13.8 Å². The zero-order valence-corrected chi connectivity index (χ0v) is 10.7. The first-order valence-electron chi connectivity index (χ1n) is 6.04. The van der Waals surface area contributed by atoms with Crippen LogP contribution in [0.15, 0.2) is 0 Å². The second-order valence-electron chi connectivity index (χ2n) is 4.72. The van der Waals surface area contributed by atoms with Crippen LogP contribution in [0.2, 0.25) is 0 Å². The fourth-order valence-electron chi connectivity index (χ4n) is 1.88. The molecule has 1 saturated heterocycles. The Balaban J connectivity index is 2.52. The minimum atomic E-state index is -0.573. The standard InChI is InChI=1S/C12H21NO4/c1-8(2)7-9(12(15)16-3)13-11(14)10-5-4-6-17-10/h8-10H,4-7H2,1-3H3,(H,13,14)/t9-,10-/m0/s1. The summed E-state index contributed by atoms with van der Waals surface area (Å²) in [7, 11) is 1.33. The maximum Gasteiger partial charge on any atom is 0.328 e. The summed E-state index contributed by atoms with van der Waals surface area (Å²) in [5, 5.41) is 2.70. The van der Waals surface area contributed by atoms with Crippen molar-refractivity contribution in [3.05, 3.63) is 0 Å². The van der Waals surface area contributed by atoms with E-state index in [2.05, 4.69) is 10.1 Å².